The Morgan fingerprint density at radius 1 is 1.02 bits per heavy atom. The highest BCUT2D eigenvalue weighted by Crippen LogP contribution is 2.44. The van der Waals surface area contributed by atoms with Crippen molar-refractivity contribution in [1.82, 2.24) is 15.5 Å². The first-order valence-corrected chi connectivity index (χ1v) is 15.5. The van der Waals surface area contributed by atoms with E-state index in [9.17, 15) is 14.7 Å². The maximum absolute atomic E-state index is 15.6. The second kappa shape index (κ2) is 15.8. The number of rotatable bonds is 14. The molecule has 1 saturated heterocycles. The van der Waals surface area contributed by atoms with Gasteiger partial charge in [0.25, 0.3) is 5.91 Å². The number of carbonyl (C=O) groups is 2. The van der Waals surface area contributed by atoms with Crippen molar-refractivity contribution >= 4 is 12.0 Å². The number of benzene rings is 3. The molecule has 0 spiro atoms. The first kappa shape index (κ1) is 33.1. The number of hydrogen-bond acceptors (Lipinski definition) is 5. The van der Waals surface area contributed by atoms with Crippen molar-refractivity contribution in [2.75, 3.05) is 32.8 Å². The number of hydrogen-bond donors (Lipinski definition) is 5. The minimum absolute atomic E-state index is 0.120. The molecule has 3 aromatic rings. The Balaban J connectivity index is 1.58. The van der Waals surface area contributed by atoms with Gasteiger partial charge in [-0.3, -0.25) is 4.79 Å². The zero-order valence-electron chi connectivity index (χ0n) is 25.4. The minimum atomic E-state index is -1.51. The maximum Gasteiger partial charge on any atom is 0.404 e. The van der Waals surface area contributed by atoms with Gasteiger partial charge in [0.1, 0.15) is 5.82 Å². The summed E-state index contributed by atoms with van der Waals surface area (Å²) in [5, 5.41) is 36.3. The van der Waals surface area contributed by atoms with Crippen molar-refractivity contribution in [2.45, 2.75) is 57.6 Å². The molecule has 0 radical (unpaired) electrons. The molecule has 8 nitrogen and oxygen atoms in total. The number of unbranched alkanes of at least 4 members (excludes halogenated alkanes) is 1. The summed E-state index contributed by atoms with van der Waals surface area (Å²) in [6.45, 7) is 4.58. The lowest BCUT2D eigenvalue weighted by atomic mass is 9.72. The Labute approximate surface area is 258 Å². The van der Waals surface area contributed by atoms with Gasteiger partial charge in [0.2, 0.25) is 0 Å². The van der Waals surface area contributed by atoms with Crippen molar-refractivity contribution in [3.8, 4) is 11.1 Å². The van der Waals surface area contributed by atoms with Crippen LogP contribution in [0.25, 0.3) is 11.1 Å². The average Bonchev–Trinajstić information content (AvgIpc) is 3.02. The van der Waals surface area contributed by atoms with Crippen LogP contribution in [0.1, 0.15) is 65.6 Å². The van der Waals surface area contributed by atoms with Gasteiger partial charge in [-0.25, -0.2) is 9.18 Å². The van der Waals surface area contributed by atoms with E-state index in [-0.39, 0.29) is 25.5 Å². The van der Waals surface area contributed by atoms with Crippen molar-refractivity contribution in [3.05, 3.63) is 94.8 Å². The first-order chi connectivity index (χ1) is 21.2. The normalized spacial score (nSPS) is 16.4. The molecular formula is C35H44FN3O5. The molecule has 0 saturated carbocycles. The molecule has 3 aromatic carbocycles. The number of amides is 2. The molecule has 236 valence electrons. The highest BCUT2D eigenvalue weighted by Gasteiger charge is 2.43. The highest BCUT2D eigenvalue weighted by atomic mass is 19.1. The van der Waals surface area contributed by atoms with Crippen LogP contribution in [0.4, 0.5) is 9.18 Å². The number of piperidine rings is 1. The minimum Gasteiger partial charge on any atom is -0.465 e. The molecule has 1 heterocycles. The molecule has 0 aromatic heterocycles. The molecule has 2 amide bonds. The van der Waals surface area contributed by atoms with Crippen molar-refractivity contribution in [2.24, 2.45) is 5.92 Å². The van der Waals surface area contributed by atoms with Gasteiger partial charge >= 0.3 is 6.09 Å². The van der Waals surface area contributed by atoms with Crippen LogP contribution in [0.3, 0.4) is 0 Å². The van der Waals surface area contributed by atoms with Gasteiger partial charge in [-0.15, -0.1) is 0 Å². The third-order valence-corrected chi connectivity index (χ3v) is 8.47. The lowest BCUT2D eigenvalue weighted by Crippen LogP contribution is -2.48. The lowest BCUT2D eigenvalue weighted by molar-refractivity contribution is -0.0564. The van der Waals surface area contributed by atoms with Gasteiger partial charge in [-0.1, -0.05) is 54.1 Å². The fourth-order valence-electron chi connectivity index (χ4n) is 6.18. The SMILES string of the molecule is Cc1cccc(-c2c(F)cccc2[C@](O)(CCCNC(=O)O)[C@@H]2CCCN(C(=O)c3ccc(CNCCCCO)cc3)C2)c1. The van der Waals surface area contributed by atoms with Crippen LogP contribution in [0.15, 0.2) is 66.7 Å². The van der Waals surface area contributed by atoms with Crippen LogP contribution in [-0.4, -0.2) is 65.0 Å². The fraction of sp³-hybridized carbons (Fsp3) is 0.429. The third-order valence-electron chi connectivity index (χ3n) is 8.47. The number of aliphatic hydroxyl groups excluding tert-OH is 1. The van der Waals surface area contributed by atoms with Gasteiger partial charge in [0, 0.05) is 49.8 Å². The van der Waals surface area contributed by atoms with E-state index < -0.39 is 23.4 Å². The number of likely N-dealkylation sites (tertiary alicyclic amines) is 1. The molecule has 4 rings (SSSR count). The average molecular weight is 606 g/mol. The van der Waals surface area contributed by atoms with Crippen LogP contribution in [0, 0.1) is 18.7 Å². The first-order valence-electron chi connectivity index (χ1n) is 15.5. The molecule has 0 aliphatic carbocycles. The van der Waals surface area contributed by atoms with E-state index in [0.717, 1.165) is 30.5 Å². The summed E-state index contributed by atoms with van der Waals surface area (Å²) in [6, 6.07) is 19.7. The summed E-state index contributed by atoms with van der Waals surface area (Å²) < 4.78 is 15.6. The van der Waals surface area contributed by atoms with Crippen LogP contribution in [-0.2, 0) is 12.1 Å². The van der Waals surface area contributed by atoms with Crippen molar-refractivity contribution in [3.63, 3.8) is 0 Å². The van der Waals surface area contributed by atoms with Gasteiger partial charge in [-0.05, 0) is 86.9 Å². The van der Waals surface area contributed by atoms with Gasteiger partial charge in [0.05, 0.1) is 5.60 Å². The van der Waals surface area contributed by atoms with Crippen LogP contribution < -0.4 is 10.6 Å². The monoisotopic (exact) mass is 605 g/mol. The van der Waals surface area contributed by atoms with E-state index in [0.29, 0.717) is 61.2 Å². The van der Waals surface area contributed by atoms with E-state index in [4.69, 9.17) is 10.2 Å². The number of nitrogens with zero attached hydrogens (tertiary/aromatic N) is 1. The Hall–Kier alpha value is -3.79. The third kappa shape index (κ3) is 8.43. The topological polar surface area (TPSA) is 122 Å². The van der Waals surface area contributed by atoms with E-state index in [1.54, 1.807) is 17.0 Å². The van der Waals surface area contributed by atoms with Crippen LogP contribution >= 0.6 is 0 Å². The lowest BCUT2D eigenvalue weighted by Gasteiger charge is -2.43. The Morgan fingerprint density at radius 3 is 2.52 bits per heavy atom. The number of halogens is 1. The molecule has 44 heavy (non-hydrogen) atoms. The van der Waals surface area contributed by atoms with E-state index in [1.165, 1.54) is 6.07 Å². The maximum atomic E-state index is 15.6. The summed E-state index contributed by atoms with van der Waals surface area (Å²) >= 11 is 0. The number of carboxylic acid groups (broad SMARTS) is 1. The largest absolute Gasteiger partial charge is 0.465 e. The number of aryl methyl sites for hydroxylation is 1. The van der Waals surface area contributed by atoms with E-state index in [2.05, 4.69) is 10.6 Å². The van der Waals surface area contributed by atoms with Gasteiger partial charge in [-0.2, -0.15) is 0 Å². The molecule has 0 unspecified atom stereocenters. The molecule has 0 bridgehead atoms. The van der Waals surface area contributed by atoms with Gasteiger partial charge < -0.3 is 30.9 Å². The zero-order chi connectivity index (χ0) is 31.5. The quantitative estimate of drug-likeness (QED) is 0.156. The summed E-state index contributed by atoms with van der Waals surface area (Å²) in [5.74, 6) is -0.954. The molecular weight excluding hydrogens is 561 g/mol. The van der Waals surface area contributed by atoms with Crippen molar-refractivity contribution in [1.29, 1.82) is 0 Å². The number of carbonyl (C=O) groups excluding carboxylic acids is 1. The molecule has 5 N–H and O–H groups in total. The van der Waals surface area contributed by atoms with Gasteiger partial charge in [0.15, 0.2) is 0 Å². The van der Waals surface area contributed by atoms with E-state index >= 15 is 4.39 Å². The summed E-state index contributed by atoms with van der Waals surface area (Å²) in [4.78, 5) is 26.5. The Morgan fingerprint density at radius 2 is 1.80 bits per heavy atom. The Kier molecular flexibility index (Phi) is 11.9. The second-order valence-electron chi connectivity index (χ2n) is 11.7. The van der Waals surface area contributed by atoms with Crippen LogP contribution in [0.2, 0.25) is 0 Å². The standard InChI is InChI=1S/C35H44FN3O5/c1-25-8-4-9-28(22-25)32-30(11-5-12-31(32)36)35(44,17-7-19-38-34(42)43)29-10-6-20-39(24-29)33(41)27-15-13-26(14-16-27)23-37-18-2-3-21-40/h4-5,8-9,11-16,22,29,37-38,40,44H,2-3,6-7,10,17-21,23-24H2,1H3,(H,42,43)/t29-,35+/m1/s1. The predicted molar refractivity (Wildman–Crippen MR) is 169 cm³/mol. The smallest absolute Gasteiger partial charge is 0.404 e. The molecule has 1 aliphatic heterocycles. The highest BCUT2D eigenvalue weighted by molar-refractivity contribution is 5.94. The zero-order valence-corrected chi connectivity index (χ0v) is 25.4. The fourth-order valence-corrected chi connectivity index (χ4v) is 6.18. The number of aliphatic hydroxyl groups is 2. The van der Waals surface area contributed by atoms with Crippen LogP contribution in [0.5, 0.6) is 0 Å². The molecule has 1 aliphatic rings. The summed E-state index contributed by atoms with van der Waals surface area (Å²) in [5.41, 5.74) is 2.51. The number of nitrogens with one attached hydrogen (secondary N) is 2. The Bertz CT molecular complexity index is 1400. The summed E-state index contributed by atoms with van der Waals surface area (Å²) in [6.07, 6.45) is 2.37. The molecule has 9 heteroatoms. The molecule has 1 fully saturated rings. The molecule has 2 atom stereocenters. The summed E-state index contributed by atoms with van der Waals surface area (Å²) in [7, 11) is 0. The van der Waals surface area contributed by atoms with Crippen molar-refractivity contribution < 1.29 is 29.3 Å². The predicted octanol–water partition coefficient (Wildman–Crippen LogP) is 5.45. The van der Waals surface area contributed by atoms with E-state index in [1.807, 2.05) is 55.5 Å². The second-order valence-corrected chi connectivity index (χ2v) is 11.7.